The average Bonchev–Trinajstić information content (AvgIpc) is 2.66. The Morgan fingerprint density at radius 2 is 2.26 bits per heavy atom. The minimum Gasteiger partial charge on any atom is -0.451 e. The number of hydrogen-bond donors (Lipinski definition) is 2. The second kappa shape index (κ2) is 5.40. The first kappa shape index (κ1) is 13.5. The van der Waals surface area contributed by atoms with Gasteiger partial charge in [-0.3, -0.25) is 4.79 Å². The van der Waals surface area contributed by atoms with E-state index < -0.39 is 6.10 Å². The summed E-state index contributed by atoms with van der Waals surface area (Å²) in [6.45, 7) is 3.73. The van der Waals surface area contributed by atoms with Gasteiger partial charge in [0, 0.05) is 17.5 Å². The lowest BCUT2D eigenvalue weighted by atomic mass is 10.1. The van der Waals surface area contributed by atoms with Gasteiger partial charge in [-0.05, 0) is 38.5 Å². The van der Waals surface area contributed by atoms with E-state index in [4.69, 9.17) is 9.52 Å². The molecule has 0 saturated carbocycles. The van der Waals surface area contributed by atoms with E-state index in [1.807, 2.05) is 0 Å². The Bertz CT molecular complexity index is 604. The molecular formula is C14H16FNO3. The minimum atomic E-state index is -0.467. The van der Waals surface area contributed by atoms with Gasteiger partial charge in [0.15, 0.2) is 5.76 Å². The number of carbonyl (C=O) groups is 1. The van der Waals surface area contributed by atoms with Gasteiger partial charge >= 0.3 is 0 Å². The summed E-state index contributed by atoms with van der Waals surface area (Å²) >= 11 is 0. The molecular weight excluding hydrogens is 249 g/mol. The highest BCUT2D eigenvalue weighted by Gasteiger charge is 2.17. The van der Waals surface area contributed by atoms with Crippen LogP contribution in [0.4, 0.5) is 4.39 Å². The van der Waals surface area contributed by atoms with Crippen molar-refractivity contribution in [1.82, 2.24) is 5.32 Å². The Balaban J connectivity index is 2.20. The third-order valence-electron chi connectivity index (χ3n) is 2.95. The number of benzene rings is 1. The second-order valence-corrected chi connectivity index (χ2v) is 4.59. The molecule has 0 saturated heterocycles. The Morgan fingerprint density at radius 3 is 2.95 bits per heavy atom. The van der Waals surface area contributed by atoms with Crippen LogP contribution in [0.5, 0.6) is 0 Å². The molecule has 4 nitrogen and oxygen atoms in total. The van der Waals surface area contributed by atoms with Gasteiger partial charge in [-0.2, -0.15) is 0 Å². The largest absolute Gasteiger partial charge is 0.451 e. The van der Waals surface area contributed by atoms with Crippen molar-refractivity contribution in [3.05, 3.63) is 35.3 Å². The van der Waals surface area contributed by atoms with Crippen molar-refractivity contribution in [2.45, 2.75) is 26.4 Å². The molecule has 1 unspecified atom stereocenters. The van der Waals surface area contributed by atoms with Crippen LogP contribution in [0.3, 0.4) is 0 Å². The first-order valence-corrected chi connectivity index (χ1v) is 6.14. The summed E-state index contributed by atoms with van der Waals surface area (Å²) in [4.78, 5) is 11.9. The van der Waals surface area contributed by atoms with Crippen LogP contribution in [-0.2, 0) is 0 Å². The van der Waals surface area contributed by atoms with E-state index in [-0.39, 0.29) is 17.5 Å². The third-order valence-corrected chi connectivity index (χ3v) is 2.95. The third kappa shape index (κ3) is 2.93. The predicted molar refractivity (Wildman–Crippen MR) is 69.5 cm³/mol. The summed E-state index contributed by atoms with van der Waals surface area (Å²) in [6.07, 6.45) is 0.00536. The average molecular weight is 265 g/mol. The van der Waals surface area contributed by atoms with Gasteiger partial charge in [0.1, 0.15) is 11.4 Å². The van der Waals surface area contributed by atoms with Gasteiger partial charge in [0.05, 0.1) is 6.10 Å². The van der Waals surface area contributed by atoms with Gasteiger partial charge in [0.25, 0.3) is 5.91 Å². The lowest BCUT2D eigenvalue weighted by molar-refractivity contribution is 0.0919. The van der Waals surface area contributed by atoms with E-state index in [1.165, 1.54) is 18.2 Å². The van der Waals surface area contributed by atoms with E-state index in [9.17, 15) is 9.18 Å². The van der Waals surface area contributed by atoms with E-state index in [0.29, 0.717) is 29.5 Å². The van der Waals surface area contributed by atoms with Crippen molar-refractivity contribution in [2.75, 3.05) is 6.54 Å². The topological polar surface area (TPSA) is 62.5 Å². The summed E-state index contributed by atoms with van der Waals surface area (Å²) in [6, 6.07) is 4.14. The molecule has 0 bridgehead atoms. The van der Waals surface area contributed by atoms with E-state index in [0.717, 1.165) is 0 Å². The first-order chi connectivity index (χ1) is 8.99. The molecule has 1 aromatic carbocycles. The molecule has 1 heterocycles. The van der Waals surface area contributed by atoms with Crippen LogP contribution >= 0.6 is 0 Å². The number of aliphatic hydroxyl groups excluding tert-OH is 1. The molecule has 1 atom stereocenters. The van der Waals surface area contributed by atoms with Gasteiger partial charge in [-0.25, -0.2) is 4.39 Å². The van der Waals surface area contributed by atoms with E-state index in [2.05, 4.69) is 5.32 Å². The van der Waals surface area contributed by atoms with Crippen molar-refractivity contribution in [1.29, 1.82) is 0 Å². The minimum absolute atomic E-state index is 0.186. The molecule has 0 fully saturated rings. The Kier molecular flexibility index (Phi) is 3.85. The monoisotopic (exact) mass is 265 g/mol. The smallest absolute Gasteiger partial charge is 0.287 e. The molecule has 0 aliphatic heterocycles. The molecule has 2 rings (SSSR count). The SMILES string of the molecule is Cc1c(C(=O)NCCC(C)O)oc2ccc(F)cc12. The van der Waals surface area contributed by atoms with Crippen LogP contribution in [0.2, 0.25) is 0 Å². The normalized spacial score (nSPS) is 12.6. The zero-order valence-corrected chi connectivity index (χ0v) is 10.9. The van der Waals surface area contributed by atoms with Crippen LogP contribution in [0.1, 0.15) is 29.5 Å². The number of nitrogens with one attached hydrogen (secondary N) is 1. The standard InChI is InChI=1S/C14H16FNO3/c1-8(17)5-6-16-14(18)13-9(2)11-7-10(15)3-4-12(11)19-13/h3-4,7-8,17H,5-6H2,1-2H3,(H,16,18). The second-order valence-electron chi connectivity index (χ2n) is 4.59. The number of furan rings is 1. The number of halogens is 1. The predicted octanol–water partition coefficient (Wildman–Crippen LogP) is 2.38. The van der Waals surface area contributed by atoms with Crippen molar-refractivity contribution in [3.8, 4) is 0 Å². The molecule has 1 amide bonds. The summed E-state index contributed by atoms with van der Waals surface area (Å²) in [5.41, 5.74) is 1.10. The van der Waals surface area contributed by atoms with Crippen LogP contribution in [0.25, 0.3) is 11.0 Å². The van der Waals surface area contributed by atoms with Crippen molar-refractivity contribution < 1.29 is 18.7 Å². The number of amides is 1. The van der Waals surface area contributed by atoms with Gasteiger partial charge in [-0.1, -0.05) is 0 Å². The molecule has 0 spiro atoms. The highest BCUT2D eigenvalue weighted by molar-refractivity contribution is 5.98. The molecule has 0 radical (unpaired) electrons. The Morgan fingerprint density at radius 1 is 1.53 bits per heavy atom. The van der Waals surface area contributed by atoms with E-state index in [1.54, 1.807) is 13.8 Å². The van der Waals surface area contributed by atoms with Crippen molar-refractivity contribution in [2.24, 2.45) is 0 Å². The molecule has 19 heavy (non-hydrogen) atoms. The number of rotatable bonds is 4. The van der Waals surface area contributed by atoms with Gasteiger partial charge in [-0.15, -0.1) is 0 Å². The number of carbonyl (C=O) groups excluding carboxylic acids is 1. The molecule has 2 N–H and O–H groups in total. The maximum absolute atomic E-state index is 13.1. The lowest BCUT2D eigenvalue weighted by Crippen LogP contribution is -2.26. The first-order valence-electron chi connectivity index (χ1n) is 6.14. The summed E-state index contributed by atoms with van der Waals surface area (Å²) in [5.74, 6) is -0.529. The molecule has 0 aliphatic carbocycles. The zero-order chi connectivity index (χ0) is 14.0. The van der Waals surface area contributed by atoms with E-state index >= 15 is 0 Å². The highest BCUT2D eigenvalue weighted by atomic mass is 19.1. The van der Waals surface area contributed by atoms with Crippen LogP contribution < -0.4 is 5.32 Å². The van der Waals surface area contributed by atoms with Crippen molar-refractivity contribution in [3.63, 3.8) is 0 Å². The summed E-state index contributed by atoms with van der Waals surface area (Å²) in [7, 11) is 0. The van der Waals surface area contributed by atoms with Crippen LogP contribution in [0.15, 0.2) is 22.6 Å². The summed E-state index contributed by atoms with van der Waals surface area (Å²) < 4.78 is 18.6. The molecule has 102 valence electrons. The quantitative estimate of drug-likeness (QED) is 0.892. The van der Waals surface area contributed by atoms with Gasteiger partial charge in [0.2, 0.25) is 0 Å². The Labute approximate surface area is 110 Å². The Hall–Kier alpha value is -1.88. The molecule has 2 aromatic rings. The maximum atomic E-state index is 13.1. The lowest BCUT2D eigenvalue weighted by Gasteiger charge is -2.05. The number of aryl methyl sites for hydroxylation is 1. The fourth-order valence-corrected chi connectivity index (χ4v) is 1.88. The fourth-order valence-electron chi connectivity index (χ4n) is 1.88. The number of hydrogen-bond acceptors (Lipinski definition) is 3. The van der Waals surface area contributed by atoms with Crippen LogP contribution in [-0.4, -0.2) is 23.7 Å². The summed E-state index contributed by atoms with van der Waals surface area (Å²) in [5, 5.41) is 12.4. The highest BCUT2D eigenvalue weighted by Crippen LogP contribution is 2.25. The molecule has 5 heteroatoms. The van der Waals surface area contributed by atoms with Crippen LogP contribution in [0, 0.1) is 12.7 Å². The molecule has 0 aliphatic rings. The van der Waals surface area contributed by atoms with Gasteiger partial charge < -0.3 is 14.8 Å². The number of aliphatic hydroxyl groups is 1. The zero-order valence-electron chi connectivity index (χ0n) is 10.9. The fraction of sp³-hybridized carbons (Fsp3) is 0.357. The maximum Gasteiger partial charge on any atom is 0.287 e. The molecule has 1 aromatic heterocycles. The number of fused-ring (bicyclic) bond motifs is 1. The van der Waals surface area contributed by atoms with Crippen molar-refractivity contribution >= 4 is 16.9 Å².